The van der Waals surface area contributed by atoms with E-state index in [2.05, 4.69) is 0 Å². The first-order valence-electron chi connectivity index (χ1n) is 10.5. The van der Waals surface area contributed by atoms with Crippen LogP contribution in [0.2, 0.25) is 0 Å². The molecule has 2 aromatic carbocycles. The van der Waals surface area contributed by atoms with Gasteiger partial charge in [-0.15, -0.1) is 0 Å². The van der Waals surface area contributed by atoms with E-state index in [1.165, 1.54) is 0 Å². The standard InChI is InChI=1S/C25H24N4O2/c1-17-23(19-8-4-3-5-9-19)24-26-21(25(30)28-14-6-7-15-28)16-22(29(24)27-17)18-10-12-20(31-2)13-11-18/h3-5,8-13,16H,6-7,14-15H2,1-2H3. The van der Waals surface area contributed by atoms with Gasteiger partial charge in [-0.3, -0.25) is 4.79 Å². The summed E-state index contributed by atoms with van der Waals surface area (Å²) in [4.78, 5) is 20.0. The third-order valence-corrected chi connectivity index (χ3v) is 5.82. The Bertz CT molecular complexity index is 1240. The summed E-state index contributed by atoms with van der Waals surface area (Å²) >= 11 is 0. The van der Waals surface area contributed by atoms with Gasteiger partial charge < -0.3 is 9.64 Å². The number of hydrogen-bond acceptors (Lipinski definition) is 4. The number of aryl methyl sites for hydroxylation is 1. The molecule has 0 atom stereocenters. The SMILES string of the molecule is COc1ccc(-c2cc(C(=O)N3CCCC3)nc3c(-c4ccccc4)c(C)nn23)cc1. The molecule has 1 aliphatic rings. The van der Waals surface area contributed by atoms with Crippen LogP contribution in [0.3, 0.4) is 0 Å². The van der Waals surface area contributed by atoms with Crippen molar-refractivity contribution in [3.05, 3.63) is 72.1 Å². The van der Waals surface area contributed by atoms with Gasteiger partial charge in [-0.05, 0) is 55.7 Å². The number of ether oxygens (including phenoxy) is 1. The third kappa shape index (κ3) is 3.44. The second-order valence-corrected chi connectivity index (χ2v) is 7.82. The summed E-state index contributed by atoms with van der Waals surface area (Å²) in [5.41, 5.74) is 5.79. The number of rotatable bonds is 4. The number of likely N-dealkylation sites (tertiary alicyclic amines) is 1. The van der Waals surface area contributed by atoms with E-state index in [9.17, 15) is 4.79 Å². The topological polar surface area (TPSA) is 59.7 Å². The maximum absolute atomic E-state index is 13.2. The summed E-state index contributed by atoms with van der Waals surface area (Å²) in [7, 11) is 1.65. The van der Waals surface area contributed by atoms with Crippen LogP contribution in [0, 0.1) is 6.92 Å². The Labute approximate surface area is 181 Å². The lowest BCUT2D eigenvalue weighted by molar-refractivity contribution is 0.0787. The first-order valence-corrected chi connectivity index (χ1v) is 10.5. The zero-order chi connectivity index (χ0) is 21.4. The number of carbonyl (C=O) groups is 1. The van der Waals surface area contributed by atoms with E-state index in [0.29, 0.717) is 11.3 Å². The van der Waals surface area contributed by atoms with Crippen molar-refractivity contribution in [1.82, 2.24) is 19.5 Å². The maximum atomic E-state index is 13.2. The van der Waals surface area contributed by atoms with Crippen molar-refractivity contribution in [1.29, 1.82) is 0 Å². The molecule has 6 heteroatoms. The summed E-state index contributed by atoms with van der Waals surface area (Å²) in [6, 6.07) is 19.7. The second-order valence-electron chi connectivity index (χ2n) is 7.82. The Hall–Kier alpha value is -3.67. The first kappa shape index (κ1) is 19.3. The smallest absolute Gasteiger partial charge is 0.272 e. The summed E-state index contributed by atoms with van der Waals surface area (Å²) in [5, 5.41) is 4.80. The zero-order valence-electron chi connectivity index (χ0n) is 17.7. The van der Waals surface area contributed by atoms with Gasteiger partial charge in [0, 0.05) is 24.2 Å². The Morgan fingerprint density at radius 3 is 2.35 bits per heavy atom. The van der Waals surface area contributed by atoms with Crippen LogP contribution < -0.4 is 4.74 Å². The lowest BCUT2D eigenvalue weighted by Crippen LogP contribution is -2.28. The number of benzene rings is 2. The van der Waals surface area contributed by atoms with Crippen LogP contribution in [0.1, 0.15) is 29.0 Å². The fraction of sp³-hybridized carbons (Fsp3) is 0.240. The van der Waals surface area contributed by atoms with Crippen molar-refractivity contribution in [2.45, 2.75) is 19.8 Å². The van der Waals surface area contributed by atoms with Gasteiger partial charge in [0.2, 0.25) is 0 Å². The Kier molecular flexibility index (Phi) is 4.90. The van der Waals surface area contributed by atoms with Crippen molar-refractivity contribution < 1.29 is 9.53 Å². The summed E-state index contributed by atoms with van der Waals surface area (Å²) in [5.74, 6) is 0.761. The van der Waals surface area contributed by atoms with Gasteiger partial charge >= 0.3 is 0 Å². The molecule has 5 rings (SSSR count). The summed E-state index contributed by atoms with van der Waals surface area (Å²) in [6.07, 6.45) is 2.08. The molecule has 0 unspecified atom stereocenters. The van der Waals surface area contributed by atoms with Crippen LogP contribution in [-0.4, -0.2) is 45.6 Å². The molecule has 0 N–H and O–H groups in total. The number of carbonyl (C=O) groups excluding carboxylic acids is 1. The quantitative estimate of drug-likeness (QED) is 0.491. The number of hydrogen-bond donors (Lipinski definition) is 0. The van der Waals surface area contributed by atoms with Crippen molar-refractivity contribution >= 4 is 11.6 Å². The van der Waals surface area contributed by atoms with E-state index in [-0.39, 0.29) is 5.91 Å². The normalized spacial score (nSPS) is 13.7. The number of amides is 1. The van der Waals surface area contributed by atoms with Crippen LogP contribution in [0.5, 0.6) is 5.75 Å². The molecule has 0 saturated carbocycles. The van der Waals surface area contributed by atoms with Gasteiger partial charge in [0.1, 0.15) is 11.4 Å². The molecular formula is C25H24N4O2. The fourth-order valence-electron chi connectivity index (χ4n) is 4.23. The molecule has 0 aliphatic carbocycles. The third-order valence-electron chi connectivity index (χ3n) is 5.82. The molecule has 1 amide bonds. The maximum Gasteiger partial charge on any atom is 0.272 e. The van der Waals surface area contributed by atoms with Gasteiger partial charge in [0.15, 0.2) is 5.65 Å². The van der Waals surface area contributed by atoms with Crippen LogP contribution in [0.4, 0.5) is 0 Å². The van der Waals surface area contributed by atoms with Gasteiger partial charge in [-0.25, -0.2) is 9.50 Å². The highest BCUT2D eigenvalue weighted by molar-refractivity contribution is 5.95. The molecule has 0 bridgehead atoms. The minimum absolute atomic E-state index is 0.0207. The highest BCUT2D eigenvalue weighted by atomic mass is 16.5. The predicted octanol–water partition coefficient (Wildman–Crippen LogP) is 4.62. The molecular weight excluding hydrogens is 388 g/mol. The molecule has 0 spiro atoms. The number of aromatic nitrogens is 3. The number of nitrogens with zero attached hydrogens (tertiary/aromatic N) is 4. The monoisotopic (exact) mass is 412 g/mol. The second kappa shape index (κ2) is 7.87. The van der Waals surface area contributed by atoms with Crippen LogP contribution in [0.25, 0.3) is 28.0 Å². The van der Waals surface area contributed by atoms with E-state index >= 15 is 0 Å². The fourth-order valence-corrected chi connectivity index (χ4v) is 4.23. The Morgan fingerprint density at radius 1 is 0.968 bits per heavy atom. The molecule has 1 aliphatic heterocycles. The largest absolute Gasteiger partial charge is 0.497 e. The predicted molar refractivity (Wildman–Crippen MR) is 120 cm³/mol. The molecule has 6 nitrogen and oxygen atoms in total. The lowest BCUT2D eigenvalue weighted by Gasteiger charge is -2.16. The highest BCUT2D eigenvalue weighted by Gasteiger charge is 2.24. The molecule has 31 heavy (non-hydrogen) atoms. The highest BCUT2D eigenvalue weighted by Crippen LogP contribution is 2.31. The van der Waals surface area contributed by atoms with Gasteiger partial charge in [0.25, 0.3) is 5.91 Å². The van der Waals surface area contributed by atoms with Crippen LogP contribution >= 0.6 is 0 Å². The Morgan fingerprint density at radius 2 is 1.68 bits per heavy atom. The first-order chi connectivity index (χ1) is 15.2. The van der Waals surface area contributed by atoms with Gasteiger partial charge in [-0.2, -0.15) is 5.10 Å². The van der Waals surface area contributed by atoms with Crippen molar-refractivity contribution in [3.63, 3.8) is 0 Å². The number of fused-ring (bicyclic) bond motifs is 1. The van der Waals surface area contributed by atoms with E-state index in [4.69, 9.17) is 14.8 Å². The summed E-state index contributed by atoms with van der Waals surface area (Å²) < 4.78 is 7.15. The number of methoxy groups -OCH3 is 1. The molecule has 156 valence electrons. The molecule has 3 heterocycles. The summed E-state index contributed by atoms with van der Waals surface area (Å²) in [6.45, 7) is 3.55. The van der Waals surface area contributed by atoms with Gasteiger partial charge in [0.05, 0.1) is 18.5 Å². The molecule has 1 saturated heterocycles. The molecule has 2 aromatic heterocycles. The minimum Gasteiger partial charge on any atom is -0.497 e. The van der Waals surface area contributed by atoms with Crippen molar-refractivity contribution in [2.24, 2.45) is 0 Å². The molecule has 0 radical (unpaired) electrons. The van der Waals surface area contributed by atoms with Crippen LogP contribution in [-0.2, 0) is 0 Å². The van der Waals surface area contributed by atoms with E-state index in [1.54, 1.807) is 7.11 Å². The van der Waals surface area contributed by atoms with Crippen molar-refractivity contribution in [3.8, 4) is 28.1 Å². The van der Waals surface area contributed by atoms with Gasteiger partial charge in [-0.1, -0.05) is 30.3 Å². The lowest BCUT2D eigenvalue weighted by atomic mass is 10.1. The van der Waals surface area contributed by atoms with E-state index in [1.807, 2.05) is 77.0 Å². The average molecular weight is 412 g/mol. The average Bonchev–Trinajstić information content (AvgIpc) is 3.46. The van der Waals surface area contributed by atoms with Crippen LogP contribution in [0.15, 0.2) is 60.7 Å². The zero-order valence-corrected chi connectivity index (χ0v) is 17.7. The van der Waals surface area contributed by atoms with E-state index < -0.39 is 0 Å². The molecule has 1 fully saturated rings. The Balaban J connectivity index is 1.75. The molecule has 4 aromatic rings. The van der Waals surface area contributed by atoms with E-state index in [0.717, 1.165) is 59.8 Å². The van der Waals surface area contributed by atoms with Crippen molar-refractivity contribution in [2.75, 3.05) is 20.2 Å². The minimum atomic E-state index is -0.0207.